The van der Waals surface area contributed by atoms with Crippen molar-refractivity contribution in [1.29, 1.82) is 0 Å². The normalized spacial score (nSPS) is 30.6. The molecule has 1 amide bonds. The van der Waals surface area contributed by atoms with E-state index in [4.69, 9.17) is 10.8 Å². The second kappa shape index (κ2) is 5.49. The molecule has 4 N–H and O–H groups in total. The number of carbonyl (C=O) groups is 2. The summed E-state index contributed by atoms with van der Waals surface area (Å²) in [6.45, 7) is 3.92. The second-order valence-electron chi connectivity index (χ2n) is 5.20. The average Bonchev–Trinajstić information content (AvgIpc) is 2.30. The molecule has 0 aliphatic heterocycles. The van der Waals surface area contributed by atoms with Gasteiger partial charge in [-0.2, -0.15) is 0 Å². The maximum absolute atomic E-state index is 12.1. The Labute approximate surface area is 102 Å². The first-order chi connectivity index (χ1) is 7.91. The van der Waals surface area contributed by atoms with Gasteiger partial charge in [0.05, 0.1) is 5.41 Å². The standard InChI is InChI=1S/C12H22N2O3/c1-8-3-5-12(7-13,6-4-8)11(17)14-9(2)10(15)16/h8-9H,3-7,13H2,1-2H3,(H,14,17)(H,15,16)/t8?,9-,12?/m1/s1. The number of nitrogens with one attached hydrogen (secondary N) is 1. The van der Waals surface area contributed by atoms with Gasteiger partial charge in [-0.3, -0.25) is 9.59 Å². The Bertz CT molecular complexity index is 296. The predicted molar refractivity (Wildman–Crippen MR) is 64.4 cm³/mol. The van der Waals surface area contributed by atoms with Gasteiger partial charge in [-0.05, 0) is 38.5 Å². The summed E-state index contributed by atoms with van der Waals surface area (Å²) in [4.78, 5) is 22.8. The Morgan fingerprint density at radius 2 is 2.00 bits per heavy atom. The third kappa shape index (κ3) is 3.19. The first kappa shape index (κ1) is 14.0. The minimum atomic E-state index is -1.02. The number of carboxylic acids is 1. The van der Waals surface area contributed by atoms with Crippen LogP contribution in [-0.4, -0.2) is 29.6 Å². The van der Waals surface area contributed by atoms with Crippen LogP contribution < -0.4 is 11.1 Å². The molecule has 0 aromatic heterocycles. The van der Waals surface area contributed by atoms with Crippen LogP contribution in [0.3, 0.4) is 0 Å². The number of hydrogen-bond acceptors (Lipinski definition) is 3. The lowest BCUT2D eigenvalue weighted by Gasteiger charge is -2.37. The van der Waals surface area contributed by atoms with Crippen LogP contribution in [-0.2, 0) is 9.59 Å². The summed E-state index contributed by atoms with van der Waals surface area (Å²) in [5.41, 5.74) is 5.17. The maximum atomic E-state index is 12.1. The molecule has 0 unspecified atom stereocenters. The van der Waals surface area contributed by atoms with Crippen molar-refractivity contribution in [3.8, 4) is 0 Å². The fourth-order valence-corrected chi connectivity index (χ4v) is 2.25. The minimum Gasteiger partial charge on any atom is -0.480 e. The molecule has 1 saturated carbocycles. The van der Waals surface area contributed by atoms with E-state index >= 15 is 0 Å². The zero-order chi connectivity index (χ0) is 13.1. The SMILES string of the molecule is CC1CCC(CN)(C(=O)N[C@H](C)C(=O)O)CC1. The molecule has 1 aliphatic rings. The van der Waals surface area contributed by atoms with Gasteiger partial charge >= 0.3 is 5.97 Å². The second-order valence-corrected chi connectivity index (χ2v) is 5.20. The first-order valence-corrected chi connectivity index (χ1v) is 6.15. The van der Waals surface area contributed by atoms with Gasteiger partial charge in [-0.25, -0.2) is 0 Å². The molecule has 0 heterocycles. The topological polar surface area (TPSA) is 92.4 Å². The molecule has 5 heteroatoms. The van der Waals surface area contributed by atoms with E-state index in [9.17, 15) is 9.59 Å². The first-order valence-electron chi connectivity index (χ1n) is 6.15. The molecular formula is C12H22N2O3. The molecule has 98 valence electrons. The fraction of sp³-hybridized carbons (Fsp3) is 0.833. The van der Waals surface area contributed by atoms with Crippen LogP contribution in [0.5, 0.6) is 0 Å². The van der Waals surface area contributed by atoms with Crippen molar-refractivity contribution in [2.24, 2.45) is 17.1 Å². The predicted octanol–water partition coefficient (Wildman–Crippen LogP) is 0.731. The third-order valence-corrected chi connectivity index (χ3v) is 3.82. The van der Waals surface area contributed by atoms with Crippen molar-refractivity contribution < 1.29 is 14.7 Å². The highest BCUT2D eigenvalue weighted by Gasteiger charge is 2.40. The lowest BCUT2D eigenvalue weighted by Crippen LogP contribution is -2.51. The number of carboxylic acid groups (broad SMARTS) is 1. The summed E-state index contributed by atoms with van der Waals surface area (Å²) in [6, 6.07) is -0.856. The van der Waals surface area contributed by atoms with Gasteiger partial charge < -0.3 is 16.2 Å². The zero-order valence-electron chi connectivity index (χ0n) is 10.5. The van der Waals surface area contributed by atoms with Gasteiger partial charge in [0.2, 0.25) is 5.91 Å². The van der Waals surface area contributed by atoms with Crippen molar-refractivity contribution >= 4 is 11.9 Å². The largest absolute Gasteiger partial charge is 0.480 e. The maximum Gasteiger partial charge on any atom is 0.325 e. The van der Waals surface area contributed by atoms with Gasteiger partial charge in [-0.15, -0.1) is 0 Å². The summed E-state index contributed by atoms with van der Waals surface area (Å²) < 4.78 is 0. The molecule has 1 aliphatic carbocycles. The van der Waals surface area contributed by atoms with E-state index in [2.05, 4.69) is 12.2 Å². The van der Waals surface area contributed by atoms with Crippen molar-refractivity contribution in [3.05, 3.63) is 0 Å². The highest BCUT2D eigenvalue weighted by molar-refractivity contribution is 5.87. The van der Waals surface area contributed by atoms with Crippen LogP contribution in [0.25, 0.3) is 0 Å². The average molecular weight is 242 g/mol. The molecule has 1 rings (SSSR count). The Balaban J connectivity index is 2.67. The van der Waals surface area contributed by atoms with Crippen LogP contribution in [0.1, 0.15) is 39.5 Å². The van der Waals surface area contributed by atoms with Gasteiger partial charge in [0.15, 0.2) is 0 Å². The Morgan fingerprint density at radius 3 is 2.41 bits per heavy atom. The molecule has 0 spiro atoms. The highest BCUT2D eigenvalue weighted by atomic mass is 16.4. The van der Waals surface area contributed by atoms with Gasteiger partial charge in [0, 0.05) is 6.54 Å². The van der Waals surface area contributed by atoms with E-state index in [0.717, 1.165) is 25.7 Å². The van der Waals surface area contributed by atoms with Crippen LogP contribution in [0, 0.1) is 11.3 Å². The van der Waals surface area contributed by atoms with Crippen LogP contribution >= 0.6 is 0 Å². The monoisotopic (exact) mass is 242 g/mol. The molecule has 0 aromatic rings. The third-order valence-electron chi connectivity index (χ3n) is 3.82. The van der Waals surface area contributed by atoms with Crippen molar-refractivity contribution in [2.75, 3.05) is 6.54 Å². The van der Waals surface area contributed by atoms with Crippen LogP contribution in [0.15, 0.2) is 0 Å². The molecule has 0 aromatic carbocycles. The van der Waals surface area contributed by atoms with Gasteiger partial charge in [-0.1, -0.05) is 6.92 Å². The molecule has 0 bridgehead atoms. The number of hydrogen-bond donors (Lipinski definition) is 3. The lowest BCUT2D eigenvalue weighted by atomic mass is 9.70. The van der Waals surface area contributed by atoms with Crippen molar-refractivity contribution in [3.63, 3.8) is 0 Å². The summed E-state index contributed by atoms with van der Waals surface area (Å²) in [5.74, 6) is -0.601. The van der Waals surface area contributed by atoms with E-state index in [-0.39, 0.29) is 12.5 Å². The Hall–Kier alpha value is -1.10. The van der Waals surface area contributed by atoms with Crippen molar-refractivity contribution in [1.82, 2.24) is 5.32 Å². The number of nitrogens with two attached hydrogens (primary N) is 1. The molecule has 0 radical (unpaired) electrons. The van der Waals surface area contributed by atoms with E-state index in [1.54, 1.807) is 0 Å². The van der Waals surface area contributed by atoms with Gasteiger partial charge in [0.25, 0.3) is 0 Å². The highest BCUT2D eigenvalue weighted by Crippen LogP contribution is 2.38. The summed E-state index contributed by atoms with van der Waals surface area (Å²) in [6.07, 6.45) is 3.46. The summed E-state index contributed by atoms with van der Waals surface area (Å²) in [5, 5.41) is 11.3. The molecule has 17 heavy (non-hydrogen) atoms. The molecule has 5 nitrogen and oxygen atoms in total. The number of aliphatic carboxylic acids is 1. The van der Waals surface area contributed by atoms with E-state index in [1.165, 1.54) is 6.92 Å². The van der Waals surface area contributed by atoms with E-state index < -0.39 is 17.4 Å². The quantitative estimate of drug-likeness (QED) is 0.677. The Kier molecular flexibility index (Phi) is 4.51. The number of amides is 1. The van der Waals surface area contributed by atoms with E-state index in [0.29, 0.717) is 5.92 Å². The fourth-order valence-electron chi connectivity index (χ4n) is 2.25. The number of carbonyl (C=O) groups excluding carboxylic acids is 1. The van der Waals surface area contributed by atoms with Crippen molar-refractivity contribution in [2.45, 2.75) is 45.6 Å². The number of rotatable bonds is 4. The molecule has 1 atom stereocenters. The van der Waals surface area contributed by atoms with E-state index in [1.807, 2.05) is 0 Å². The summed E-state index contributed by atoms with van der Waals surface area (Å²) >= 11 is 0. The molecule has 1 fully saturated rings. The smallest absolute Gasteiger partial charge is 0.325 e. The zero-order valence-corrected chi connectivity index (χ0v) is 10.5. The molecule has 0 saturated heterocycles. The van der Waals surface area contributed by atoms with Gasteiger partial charge in [0.1, 0.15) is 6.04 Å². The van der Waals surface area contributed by atoms with Crippen LogP contribution in [0.2, 0.25) is 0 Å². The Morgan fingerprint density at radius 1 is 1.47 bits per heavy atom. The molecular weight excluding hydrogens is 220 g/mol. The van der Waals surface area contributed by atoms with Crippen LogP contribution in [0.4, 0.5) is 0 Å². The minimum absolute atomic E-state index is 0.207. The lowest BCUT2D eigenvalue weighted by molar-refractivity contribution is -0.144. The summed E-state index contributed by atoms with van der Waals surface area (Å²) in [7, 11) is 0.